The molecule has 1 aliphatic rings. The minimum absolute atomic E-state index is 0. The summed E-state index contributed by atoms with van der Waals surface area (Å²) in [6.45, 7) is 5.79. The molecule has 0 spiro atoms. The predicted molar refractivity (Wildman–Crippen MR) is 67.0 cm³/mol. The van der Waals surface area contributed by atoms with Crippen molar-refractivity contribution in [1.82, 2.24) is 10.2 Å². The molecule has 0 bridgehead atoms. The number of amides is 1. The summed E-state index contributed by atoms with van der Waals surface area (Å²) in [6, 6.07) is 0.446. The van der Waals surface area contributed by atoms with Crippen LogP contribution in [0.3, 0.4) is 0 Å². The molecular weight excluding hydrogens is 228 g/mol. The molecule has 1 N–H and O–H groups in total. The second-order valence-corrected chi connectivity index (χ2v) is 4.33. The molecule has 0 aliphatic carbocycles. The second-order valence-electron chi connectivity index (χ2n) is 4.33. The molecule has 16 heavy (non-hydrogen) atoms. The zero-order chi connectivity index (χ0) is 11.3. The number of halogens is 1. The molecule has 4 nitrogen and oxygen atoms in total. The Bertz CT molecular complexity index is 212. The summed E-state index contributed by atoms with van der Waals surface area (Å²) in [5.74, 6) is 0.114. The number of likely N-dealkylation sites (tertiary alicyclic amines) is 1. The summed E-state index contributed by atoms with van der Waals surface area (Å²) in [4.78, 5) is 13.6. The Morgan fingerprint density at radius 3 is 2.81 bits per heavy atom. The van der Waals surface area contributed by atoms with E-state index in [1.165, 1.54) is 0 Å². The van der Waals surface area contributed by atoms with Gasteiger partial charge in [0.2, 0.25) is 5.91 Å². The molecular formula is C11H23ClN2O2. The van der Waals surface area contributed by atoms with E-state index in [-0.39, 0.29) is 31.0 Å². The molecule has 1 heterocycles. The van der Waals surface area contributed by atoms with Crippen molar-refractivity contribution in [3.63, 3.8) is 0 Å². The molecule has 0 aromatic carbocycles. The van der Waals surface area contributed by atoms with Gasteiger partial charge >= 0.3 is 0 Å². The van der Waals surface area contributed by atoms with Gasteiger partial charge in [-0.05, 0) is 33.7 Å². The average Bonchev–Trinajstić information content (AvgIpc) is 2.26. The smallest absolute Gasteiger partial charge is 0.248 e. The Balaban J connectivity index is 0.00000225. The van der Waals surface area contributed by atoms with Crippen LogP contribution in [-0.4, -0.2) is 49.7 Å². The van der Waals surface area contributed by atoms with Gasteiger partial charge in [-0.1, -0.05) is 0 Å². The van der Waals surface area contributed by atoms with Crippen LogP contribution in [0.5, 0.6) is 0 Å². The van der Waals surface area contributed by atoms with Crippen molar-refractivity contribution in [2.45, 2.75) is 38.8 Å². The highest BCUT2D eigenvalue weighted by Crippen LogP contribution is 2.10. The van der Waals surface area contributed by atoms with Gasteiger partial charge in [0, 0.05) is 19.1 Å². The Hall–Kier alpha value is -0.320. The SMILES string of the molecule is CNC1CCCN(C(=O)COC(C)C)C1.Cl. The lowest BCUT2D eigenvalue weighted by atomic mass is 10.1. The van der Waals surface area contributed by atoms with Crippen molar-refractivity contribution in [2.24, 2.45) is 0 Å². The molecule has 5 heteroatoms. The highest BCUT2D eigenvalue weighted by atomic mass is 35.5. The van der Waals surface area contributed by atoms with Gasteiger partial charge in [0.25, 0.3) is 0 Å². The molecule has 0 aromatic heterocycles. The molecule has 0 aromatic rings. The van der Waals surface area contributed by atoms with E-state index in [9.17, 15) is 4.79 Å². The number of nitrogens with zero attached hydrogens (tertiary/aromatic N) is 1. The standard InChI is InChI=1S/C11H22N2O2.ClH/c1-9(2)15-8-11(14)13-6-4-5-10(7-13)12-3;/h9-10,12H,4-8H2,1-3H3;1H. The van der Waals surface area contributed by atoms with Crippen LogP contribution in [0.1, 0.15) is 26.7 Å². The Morgan fingerprint density at radius 2 is 2.25 bits per heavy atom. The number of rotatable bonds is 4. The van der Waals surface area contributed by atoms with Crippen LogP contribution < -0.4 is 5.32 Å². The summed E-state index contributed by atoms with van der Waals surface area (Å²) in [6.07, 6.45) is 2.36. The zero-order valence-electron chi connectivity index (χ0n) is 10.4. The lowest BCUT2D eigenvalue weighted by molar-refractivity contribution is -0.138. The monoisotopic (exact) mass is 250 g/mol. The quantitative estimate of drug-likeness (QED) is 0.811. The van der Waals surface area contributed by atoms with Crippen LogP contribution in [0.2, 0.25) is 0 Å². The molecule has 0 radical (unpaired) electrons. The molecule has 1 rings (SSSR count). The maximum absolute atomic E-state index is 11.7. The van der Waals surface area contributed by atoms with Crippen molar-refractivity contribution in [2.75, 3.05) is 26.7 Å². The van der Waals surface area contributed by atoms with Crippen LogP contribution in [0.4, 0.5) is 0 Å². The highest BCUT2D eigenvalue weighted by Gasteiger charge is 2.22. The highest BCUT2D eigenvalue weighted by molar-refractivity contribution is 5.85. The van der Waals surface area contributed by atoms with E-state index in [0.717, 1.165) is 25.9 Å². The first kappa shape index (κ1) is 15.7. The molecule has 96 valence electrons. The van der Waals surface area contributed by atoms with Gasteiger partial charge in [-0.25, -0.2) is 0 Å². The summed E-state index contributed by atoms with van der Waals surface area (Å²) < 4.78 is 5.31. The molecule has 1 saturated heterocycles. The van der Waals surface area contributed by atoms with Gasteiger partial charge < -0.3 is 15.0 Å². The number of carbonyl (C=O) groups is 1. The van der Waals surface area contributed by atoms with E-state index >= 15 is 0 Å². The zero-order valence-corrected chi connectivity index (χ0v) is 11.2. The second kappa shape index (κ2) is 7.87. The van der Waals surface area contributed by atoms with Crippen molar-refractivity contribution in [1.29, 1.82) is 0 Å². The van der Waals surface area contributed by atoms with E-state index in [2.05, 4.69) is 5.32 Å². The number of carbonyl (C=O) groups excluding carboxylic acids is 1. The van der Waals surface area contributed by atoms with E-state index < -0.39 is 0 Å². The first-order chi connectivity index (χ1) is 7.13. The number of likely N-dealkylation sites (N-methyl/N-ethyl adjacent to an activating group) is 1. The fraction of sp³-hybridized carbons (Fsp3) is 0.909. The number of ether oxygens (including phenoxy) is 1. The number of hydrogen-bond donors (Lipinski definition) is 1. The van der Waals surface area contributed by atoms with E-state index in [0.29, 0.717) is 6.04 Å². The van der Waals surface area contributed by atoms with Crippen molar-refractivity contribution in [3.05, 3.63) is 0 Å². The Morgan fingerprint density at radius 1 is 1.56 bits per heavy atom. The van der Waals surface area contributed by atoms with Crippen molar-refractivity contribution >= 4 is 18.3 Å². The third-order valence-electron chi connectivity index (χ3n) is 2.72. The van der Waals surface area contributed by atoms with E-state index in [1.807, 2.05) is 25.8 Å². The van der Waals surface area contributed by atoms with Gasteiger partial charge in [-0.3, -0.25) is 4.79 Å². The molecule has 1 fully saturated rings. The van der Waals surface area contributed by atoms with Gasteiger partial charge in [0.15, 0.2) is 0 Å². The van der Waals surface area contributed by atoms with Crippen LogP contribution in [0.25, 0.3) is 0 Å². The Kier molecular flexibility index (Phi) is 7.72. The summed E-state index contributed by atoms with van der Waals surface area (Å²) >= 11 is 0. The maximum atomic E-state index is 11.7. The molecule has 0 saturated carbocycles. The molecule has 1 atom stereocenters. The first-order valence-electron chi connectivity index (χ1n) is 5.70. The number of hydrogen-bond acceptors (Lipinski definition) is 3. The minimum atomic E-state index is 0. The van der Waals surface area contributed by atoms with Crippen LogP contribution >= 0.6 is 12.4 Å². The topological polar surface area (TPSA) is 41.6 Å². The predicted octanol–water partition coefficient (Wildman–Crippen LogP) is 1.04. The summed E-state index contributed by atoms with van der Waals surface area (Å²) in [7, 11) is 1.95. The average molecular weight is 251 g/mol. The van der Waals surface area contributed by atoms with Crippen LogP contribution in [0.15, 0.2) is 0 Å². The lowest BCUT2D eigenvalue weighted by Crippen LogP contribution is -2.48. The third-order valence-corrected chi connectivity index (χ3v) is 2.72. The fourth-order valence-electron chi connectivity index (χ4n) is 1.77. The van der Waals surface area contributed by atoms with Crippen LogP contribution in [-0.2, 0) is 9.53 Å². The van der Waals surface area contributed by atoms with Crippen molar-refractivity contribution in [3.8, 4) is 0 Å². The molecule has 1 unspecified atom stereocenters. The maximum Gasteiger partial charge on any atom is 0.248 e. The summed E-state index contributed by atoms with van der Waals surface area (Å²) in [5.41, 5.74) is 0. The van der Waals surface area contributed by atoms with Crippen molar-refractivity contribution < 1.29 is 9.53 Å². The number of nitrogens with one attached hydrogen (secondary N) is 1. The lowest BCUT2D eigenvalue weighted by Gasteiger charge is -2.32. The normalized spacial score (nSPS) is 20.8. The molecule has 1 aliphatic heterocycles. The van der Waals surface area contributed by atoms with Gasteiger partial charge in [0.05, 0.1) is 6.10 Å². The van der Waals surface area contributed by atoms with Gasteiger partial charge in [0.1, 0.15) is 6.61 Å². The Labute approximate surface area is 104 Å². The van der Waals surface area contributed by atoms with E-state index in [4.69, 9.17) is 4.74 Å². The van der Waals surface area contributed by atoms with Gasteiger partial charge in [-0.15, -0.1) is 12.4 Å². The van der Waals surface area contributed by atoms with Crippen LogP contribution in [0, 0.1) is 0 Å². The number of piperidine rings is 1. The van der Waals surface area contributed by atoms with Gasteiger partial charge in [-0.2, -0.15) is 0 Å². The molecule has 1 amide bonds. The summed E-state index contributed by atoms with van der Waals surface area (Å²) in [5, 5.41) is 3.22. The fourth-order valence-corrected chi connectivity index (χ4v) is 1.77. The first-order valence-corrected chi connectivity index (χ1v) is 5.70. The third kappa shape index (κ3) is 5.14. The largest absolute Gasteiger partial charge is 0.369 e. The minimum Gasteiger partial charge on any atom is -0.369 e. The van der Waals surface area contributed by atoms with E-state index in [1.54, 1.807) is 0 Å².